The molecule has 2 nitrogen and oxygen atoms in total. The molecular formula is C11H18BrNOS. The highest BCUT2D eigenvalue weighted by Crippen LogP contribution is 2.30. The van der Waals surface area contributed by atoms with Crippen LogP contribution in [-0.4, -0.2) is 20.8 Å². The lowest BCUT2D eigenvalue weighted by Gasteiger charge is -2.20. The van der Waals surface area contributed by atoms with Crippen molar-refractivity contribution in [2.45, 2.75) is 19.4 Å². The molecule has 0 fully saturated rings. The summed E-state index contributed by atoms with van der Waals surface area (Å²) in [6.45, 7) is 3.04. The van der Waals surface area contributed by atoms with Gasteiger partial charge in [-0.2, -0.15) is 11.3 Å². The van der Waals surface area contributed by atoms with E-state index >= 15 is 0 Å². The Balaban J connectivity index is 2.60. The van der Waals surface area contributed by atoms with Crippen molar-refractivity contribution in [3.8, 4) is 0 Å². The summed E-state index contributed by atoms with van der Waals surface area (Å²) in [5.41, 5.74) is 1.35. The number of rotatable bonds is 6. The predicted molar refractivity (Wildman–Crippen MR) is 69.5 cm³/mol. The summed E-state index contributed by atoms with van der Waals surface area (Å²) in [5, 5.41) is 7.68. The van der Waals surface area contributed by atoms with Crippen LogP contribution < -0.4 is 5.32 Å². The molecule has 0 spiro atoms. The first-order valence-corrected chi connectivity index (χ1v) is 6.80. The highest BCUT2D eigenvalue weighted by molar-refractivity contribution is 9.10. The number of halogens is 1. The number of thiophene rings is 1. The summed E-state index contributed by atoms with van der Waals surface area (Å²) in [6, 6.07) is 0.413. The average Bonchev–Trinajstić information content (AvgIpc) is 2.61. The third kappa shape index (κ3) is 3.87. The summed E-state index contributed by atoms with van der Waals surface area (Å²) in [7, 11) is 3.76. The Morgan fingerprint density at radius 3 is 2.73 bits per heavy atom. The molecule has 0 saturated carbocycles. The second kappa shape index (κ2) is 6.63. The number of hydrogen-bond acceptors (Lipinski definition) is 3. The van der Waals surface area contributed by atoms with Crippen LogP contribution in [0.25, 0.3) is 0 Å². The van der Waals surface area contributed by atoms with Crippen LogP contribution in [0, 0.1) is 5.92 Å². The minimum Gasteiger partial charge on any atom is -0.384 e. The van der Waals surface area contributed by atoms with Crippen LogP contribution in [-0.2, 0) is 4.74 Å². The van der Waals surface area contributed by atoms with E-state index in [9.17, 15) is 0 Å². The van der Waals surface area contributed by atoms with Gasteiger partial charge >= 0.3 is 0 Å². The smallest absolute Gasteiger partial charge is 0.0488 e. The van der Waals surface area contributed by atoms with E-state index < -0.39 is 0 Å². The highest BCUT2D eigenvalue weighted by Gasteiger charge is 2.16. The molecule has 15 heavy (non-hydrogen) atoms. The Morgan fingerprint density at radius 2 is 2.27 bits per heavy atom. The summed E-state index contributed by atoms with van der Waals surface area (Å²) in [4.78, 5) is 0. The third-order valence-corrected chi connectivity index (χ3v) is 4.21. The van der Waals surface area contributed by atoms with Crippen LogP contribution >= 0.6 is 27.3 Å². The largest absolute Gasteiger partial charge is 0.384 e. The Hall–Kier alpha value is 0.100. The molecule has 0 saturated heterocycles. The zero-order chi connectivity index (χ0) is 11.3. The maximum Gasteiger partial charge on any atom is 0.0488 e. The fourth-order valence-electron chi connectivity index (χ4n) is 1.70. The lowest BCUT2D eigenvalue weighted by Crippen LogP contribution is -2.20. The molecule has 1 aromatic heterocycles. The van der Waals surface area contributed by atoms with Gasteiger partial charge in [0.1, 0.15) is 0 Å². The summed E-state index contributed by atoms with van der Waals surface area (Å²) >= 11 is 5.31. The van der Waals surface area contributed by atoms with Crippen LogP contribution in [0.3, 0.4) is 0 Å². The first-order valence-electron chi connectivity index (χ1n) is 5.06. The van der Waals surface area contributed by atoms with Gasteiger partial charge in [-0.05, 0) is 46.3 Å². The fraction of sp³-hybridized carbons (Fsp3) is 0.636. The second-order valence-corrected chi connectivity index (χ2v) is 5.41. The first kappa shape index (κ1) is 13.2. The Labute approximate surface area is 104 Å². The van der Waals surface area contributed by atoms with Crippen LogP contribution in [0.15, 0.2) is 15.2 Å². The SMILES string of the molecule is CNC(CC(C)COC)c1cscc1Br. The topological polar surface area (TPSA) is 21.3 Å². The molecule has 0 amide bonds. The van der Waals surface area contributed by atoms with Crippen LogP contribution in [0.5, 0.6) is 0 Å². The molecule has 1 N–H and O–H groups in total. The van der Waals surface area contributed by atoms with Crippen molar-refractivity contribution < 1.29 is 4.74 Å². The van der Waals surface area contributed by atoms with E-state index in [0.717, 1.165) is 13.0 Å². The van der Waals surface area contributed by atoms with Crippen molar-refractivity contribution in [3.63, 3.8) is 0 Å². The number of methoxy groups -OCH3 is 1. The van der Waals surface area contributed by atoms with Gasteiger partial charge < -0.3 is 10.1 Å². The molecule has 4 heteroatoms. The Bertz CT molecular complexity index is 290. The molecule has 86 valence electrons. The number of nitrogens with one attached hydrogen (secondary N) is 1. The summed E-state index contributed by atoms with van der Waals surface area (Å²) in [6.07, 6.45) is 1.10. The summed E-state index contributed by atoms with van der Waals surface area (Å²) in [5.74, 6) is 0.569. The van der Waals surface area contributed by atoms with Crippen molar-refractivity contribution in [2.24, 2.45) is 5.92 Å². The Kier molecular flexibility index (Phi) is 5.82. The quantitative estimate of drug-likeness (QED) is 0.867. The zero-order valence-electron chi connectivity index (χ0n) is 9.42. The van der Waals surface area contributed by atoms with Crippen molar-refractivity contribution in [3.05, 3.63) is 20.8 Å². The van der Waals surface area contributed by atoms with E-state index in [-0.39, 0.29) is 0 Å². The minimum absolute atomic E-state index is 0.413. The molecule has 1 heterocycles. The Morgan fingerprint density at radius 1 is 1.53 bits per heavy atom. The highest BCUT2D eigenvalue weighted by atomic mass is 79.9. The standard InChI is InChI=1S/C11H18BrNOS/c1-8(5-14-3)4-11(13-2)9-6-15-7-10(9)12/h6-8,11,13H,4-5H2,1-3H3. The van der Waals surface area contributed by atoms with Gasteiger partial charge in [-0.15, -0.1) is 0 Å². The number of hydrogen-bond donors (Lipinski definition) is 1. The minimum atomic E-state index is 0.413. The van der Waals surface area contributed by atoms with E-state index in [2.05, 4.69) is 38.9 Å². The molecule has 0 aliphatic rings. The van der Waals surface area contributed by atoms with E-state index in [1.54, 1.807) is 18.4 Å². The average molecular weight is 292 g/mol. The molecule has 2 atom stereocenters. The van der Waals surface area contributed by atoms with Crippen molar-refractivity contribution >= 4 is 27.3 Å². The predicted octanol–water partition coefficient (Wildman–Crippen LogP) is 3.44. The molecule has 0 aliphatic carbocycles. The second-order valence-electron chi connectivity index (χ2n) is 3.81. The van der Waals surface area contributed by atoms with Gasteiger partial charge in [-0.25, -0.2) is 0 Å². The molecule has 0 aliphatic heterocycles. The maximum atomic E-state index is 5.16. The maximum absolute atomic E-state index is 5.16. The monoisotopic (exact) mass is 291 g/mol. The number of ether oxygens (including phenoxy) is 1. The first-order chi connectivity index (χ1) is 7.19. The molecule has 1 rings (SSSR count). The van der Waals surface area contributed by atoms with Crippen molar-refractivity contribution in [2.75, 3.05) is 20.8 Å². The zero-order valence-corrected chi connectivity index (χ0v) is 11.8. The van der Waals surface area contributed by atoms with Crippen molar-refractivity contribution in [1.82, 2.24) is 5.32 Å². The third-order valence-electron chi connectivity index (χ3n) is 2.46. The van der Waals surface area contributed by atoms with Gasteiger partial charge in [0.05, 0.1) is 0 Å². The molecule has 2 unspecified atom stereocenters. The molecule has 0 radical (unpaired) electrons. The fourth-order valence-corrected chi connectivity index (χ4v) is 3.32. The molecular weight excluding hydrogens is 274 g/mol. The molecule has 0 aromatic carbocycles. The normalized spacial score (nSPS) is 15.2. The van der Waals surface area contributed by atoms with Crippen LogP contribution in [0.4, 0.5) is 0 Å². The van der Waals surface area contributed by atoms with E-state index in [1.807, 2.05) is 7.05 Å². The van der Waals surface area contributed by atoms with E-state index in [1.165, 1.54) is 10.0 Å². The van der Waals surface area contributed by atoms with Gasteiger partial charge in [-0.1, -0.05) is 6.92 Å². The van der Waals surface area contributed by atoms with Gasteiger partial charge in [0.25, 0.3) is 0 Å². The van der Waals surface area contributed by atoms with E-state index in [4.69, 9.17) is 4.74 Å². The van der Waals surface area contributed by atoms with Crippen LogP contribution in [0.1, 0.15) is 24.9 Å². The van der Waals surface area contributed by atoms with Gasteiger partial charge in [0.15, 0.2) is 0 Å². The summed E-state index contributed by atoms with van der Waals surface area (Å²) < 4.78 is 6.36. The lowest BCUT2D eigenvalue weighted by molar-refractivity contribution is 0.150. The van der Waals surface area contributed by atoms with Crippen LogP contribution in [0.2, 0.25) is 0 Å². The van der Waals surface area contributed by atoms with Gasteiger partial charge in [-0.3, -0.25) is 0 Å². The van der Waals surface area contributed by atoms with Crippen molar-refractivity contribution in [1.29, 1.82) is 0 Å². The lowest BCUT2D eigenvalue weighted by atomic mass is 9.98. The molecule has 1 aromatic rings. The van der Waals surface area contributed by atoms with E-state index in [0.29, 0.717) is 12.0 Å². The van der Waals surface area contributed by atoms with Gasteiger partial charge in [0, 0.05) is 29.6 Å². The molecule has 0 bridgehead atoms. The van der Waals surface area contributed by atoms with Gasteiger partial charge in [0.2, 0.25) is 0 Å².